The maximum atomic E-state index is 11.2. The number of allylic oxidation sites excluding steroid dienone is 1. The second kappa shape index (κ2) is 13.2. The molecule has 0 aromatic rings. The minimum Gasteiger partial charge on any atom is -0.481 e. The summed E-state index contributed by atoms with van der Waals surface area (Å²) in [4.78, 5) is 11.2. The lowest BCUT2D eigenvalue weighted by Gasteiger charge is -2.63. The van der Waals surface area contributed by atoms with Crippen LogP contribution < -0.4 is 0 Å². The van der Waals surface area contributed by atoms with Crippen LogP contribution in [-0.4, -0.2) is 45.7 Å². The molecule has 3 saturated carbocycles. The van der Waals surface area contributed by atoms with Crippen molar-refractivity contribution in [1.82, 2.24) is 0 Å². The van der Waals surface area contributed by atoms with E-state index in [0.717, 1.165) is 51.4 Å². The monoisotopic (exact) mass is 476 g/mol. The number of aliphatic carboxylic acids is 1. The molecule has 3 aliphatic carbocycles. The molecule has 0 aromatic carbocycles. The molecule has 0 radical (unpaired) electrons. The number of hydrogen-bond donors (Lipinski definition) is 3. The fraction of sp³-hybridized carbons (Fsp3) is 0.828. The molecule has 0 bridgehead atoms. The van der Waals surface area contributed by atoms with Gasteiger partial charge in [-0.05, 0) is 62.4 Å². The average Bonchev–Trinajstić information content (AvgIpc) is 2.83. The molecule has 5 nitrogen and oxygen atoms in total. The lowest BCUT2D eigenvalue weighted by atomic mass is 9.47. The second-order valence-corrected chi connectivity index (χ2v) is 10.9. The molecule has 6 atom stereocenters. The Kier molecular flexibility index (Phi) is 10.7. The van der Waals surface area contributed by atoms with Crippen LogP contribution in [0.1, 0.15) is 104 Å². The van der Waals surface area contributed by atoms with Crippen molar-refractivity contribution in [3.8, 4) is 0 Å². The van der Waals surface area contributed by atoms with Crippen molar-refractivity contribution in [3.05, 3.63) is 23.8 Å². The first kappa shape index (κ1) is 27.4. The number of ether oxygens (including phenoxy) is 1. The third-order valence-corrected chi connectivity index (χ3v) is 8.64. The lowest BCUT2D eigenvalue weighted by molar-refractivity contribution is -0.185. The van der Waals surface area contributed by atoms with E-state index < -0.39 is 23.8 Å². The molecule has 3 aliphatic rings. The van der Waals surface area contributed by atoms with E-state index >= 15 is 0 Å². The molecule has 0 aliphatic heterocycles. The molecule has 2 unspecified atom stereocenters. The van der Waals surface area contributed by atoms with Crippen LogP contribution in [0, 0.1) is 23.7 Å². The van der Waals surface area contributed by atoms with E-state index in [4.69, 9.17) is 4.74 Å². The van der Waals surface area contributed by atoms with Crippen molar-refractivity contribution in [2.75, 3.05) is 6.61 Å². The molecular formula is C29H48O5. The fourth-order valence-corrected chi connectivity index (χ4v) is 6.82. The zero-order valence-electron chi connectivity index (χ0n) is 21.5. The molecule has 34 heavy (non-hydrogen) atoms. The zero-order valence-corrected chi connectivity index (χ0v) is 21.5. The van der Waals surface area contributed by atoms with Crippen molar-refractivity contribution in [3.63, 3.8) is 0 Å². The van der Waals surface area contributed by atoms with Gasteiger partial charge in [-0.25, -0.2) is 0 Å². The Balaban J connectivity index is 1.86. The van der Waals surface area contributed by atoms with Gasteiger partial charge in [0.05, 0.1) is 17.8 Å². The Morgan fingerprint density at radius 2 is 1.88 bits per heavy atom. The summed E-state index contributed by atoms with van der Waals surface area (Å²) in [6, 6.07) is 0. The predicted octanol–water partition coefficient (Wildman–Crippen LogP) is 6.04. The smallest absolute Gasteiger partial charge is 0.303 e. The van der Waals surface area contributed by atoms with Gasteiger partial charge in [0.2, 0.25) is 0 Å². The fourth-order valence-electron chi connectivity index (χ4n) is 6.82. The Bertz CT molecular complexity index is 695. The molecule has 3 fully saturated rings. The quantitative estimate of drug-likeness (QED) is 0.223. The highest BCUT2D eigenvalue weighted by molar-refractivity contribution is 5.66. The van der Waals surface area contributed by atoms with Crippen molar-refractivity contribution in [2.45, 2.75) is 122 Å². The molecule has 0 amide bonds. The highest BCUT2D eigenvalue weighted by atomic mass is 16.5. The lowest BCUT2D eigenvalue weighted by Crippen LogP contribution is -2.65. The number of aliphatic hydroxyl groups is 2. The van der Waals surface area contributed by atoms with Crippen LogP contribution in [0.2, 0.25) is 0 Å². The van der Waals surface area contributed by atoms with Crippen LogP contribution in [-0.2, 0) is 9.53 Å². The Morgan fingerprint density at radius 1 is 1.15 bits per heavy atom. The summed E-state index contributed by atoms with van der Waals surface area (Å²) in [5.74, 6) is 0.0276. The third kappa shape index (κ3) is 6.33. The summed E-state index contributed by atoms with van der Waals surface area (Å²) >= 11 is 0. The van der Waals surface area contributed by atoms with Gasteiger partial charge in [0.1, 0.15) is 0 Å². The van der Waals surface area contributed by atoms with Gasteiger partial charge in [-0.15, -0.1) is 0 Å². The van der Waals surface area contributed by atoms with Gasteiger partial charge in [-0.1, -0.05) is 70.6 Å². The number of hydrogen-bond acceptors (Lipinski definition) is 4. The number of unbranched alkanes of at least 4 members (excludes halogenated alkanes) is 2. The standard InChI is InChI=1S/C29H48O5/c1-3-5-13-22-24(14-10-15-27(32)33)29(34-20-6-4-2)19-18-26(31)23(28(22)29)16-17-25(30)21-11-8-7-9-12-21/h14,16-17,21-23,25-26,28,30-31H,3-13,15,18-20H2,1-2H3,(H,32,33)/b17-16+,24-14?/t22?,23-,25?,26+,28+,29-/m0/s1. The van der Waals surface area contributed by atoms with E-state index in [9.17, 15) is 20.1 Å². The Labute approximate surface area is 206 Å². The van der Waals surface area contributed by atoms with Crippen LogP contribution in [0.4, 0.5) is 0 Å². The highest BCUT2D eigenvalue weighted by Gasteiger charge is 2.63. The van der Waals surface area contributed by atoms with Crippen molar-refractivity contribution in [2.24, 2.45) is 23.7 Å². The predicted molar refractivity (Wildman–Crippen MR) is 136 cm³/mol. The van der Waals surface area contributed by atoms with Crippen molar-refractivity contribution in [1.29, 1.82) is 0 Å². The maximum Gasteiger partial charge on any atom is 0.303 e. The first-order valence-corrected chi connectivity index (χ1v) is 14.0. The van der Waals surface area contributed by atoms with Crippen LogP contribution in [0.15, 0.2) is 23.8 Å². The topological polar surface area (TPSA) is 87.0 Å². The number of rotatable bonds is 13. The van der Waals surface area contributed by atoms with Crippen LogP contribution >= 0.6 is 0 Å². The van der Waals surface area contributed by atoms with Gasteiger partial charge in [-0.2, -0.15) is 0 Å². The van der Waals surface area contributed by atoms with Gasteiger partial charge in [0, 0.05) is 24.9 Å². The van der Waals surface area contributed by atoms with E-state index in [1.54, 1.807) is 0 Å². The molecule has 5 heteroatoms. The van der Waals surface area contributed by atoms with E-state index in [0.29, 0.717) is 31.3 Å². The van der Waals surface area contributed by atoms with E-state index in [2.05, 4.69) is 26.0 Å². The second-order valence-electron chi connectivity index (χ2n) is 10.9. The minimum atomic E-state index is -0.768. The van der Waals surface area contributed by atoms with Gasteiger partial charge in [0.25, 0.3) is 0 Å². The van der Waals surface area contributed by atoms with Gasteiger partial charge < -0.3 is 20.1 Å². The molecule has 0 saturated heterocycles. The summed E-state index contributed by atoms with van der Waals surface area (Å²) in [5, 5.41) is 31.1. The van der Waals surface area contributed by atoms with Crippen LogP contribution in [0.25, 0.3) is 0 Å². The largest absolute Gasteiger partial charge is 0.481 e. The van der Waals surface area contributed by atoms with E-state index in [1.165, 1.54) is 24.8 Å². The first-order chi connectivity index (χ1) is 16.4. The number of fused-ring (bicyclic) bond motifs is 1. The molecule has 3 N–H and O–H groups in total. The summed E-state index contributed by atoms with van der Waals surface area (Å²) in [5.41, 5.74) is 0.886. The summed E-state index contributed by atoms with van der Waals surface area (Å²) in [6.07, 6.45) is 18.7. The van der Waals surface area contributed by atoms with Gasteiger partial charge >= 0.3 is 5.97 Å². The highest BCUT2D eigenvalue weighted by Crippen LogP contribution is 2.62. The number of carbonyl (C=O) groups is 1. The molecular weight excluding hydrogens is 428 g/mol. The molecule has 0 heterocycles. The van der Waals surface area contributed by atoms with Gasteiger partial charge in [0.15, 0.2) is 0 Å². The number of aliphatic hydroxyl groups excluding tert-OH is 2. The number of carboxylic acids is 1. The van der Waals surface area contributed by atoms with Crippen molar-refractivity contribution >= 4 is 5.97 Å². The SMILES string of the molecule is CCCCO[C@]12CC[C@@H](O)[C@H](/C=C/C(O)C3CCCCC3)[C@H]1C(CCCC)C2=CCCC(=O)O. The van der Waals surface area contributed by atoms with E-state index in [-0.39, 0.29) is 18.3 Å². The van der Waals surface area contributed by atoms with Crippen LogP contribution in [0.3, 0.4) is 0 Å². The Hall–Kier alpha value is -1.17. The molecule has 3 rings (SSSR count). The Morgan fingerprint density at radius 3 is 2.56 bits per heavy atom. The first-order valence-electron chi connectivity index (χ1n) is 14.0. The summed E-state index contributed by atoms with van der Waals surface area (Å²) < 4.78 is 6.67. The van der Waals surface area contributed by atoms with Crippen LogP contribution in [0.5, 0.6) is 0 Å². The van der Waals surface area contributed by atoms with E-state index in [1.807, 2.05) is 6.08 Å². The molecule has 0 aromatic heterocycles. The third-order valence-electron chi connectivity index (χ3n) is 8.64. The maximum absolute atomic E-state index is 11.2. The molecule has 0 spiro atoms. The minimum absolute atomic E-state index is 0.0351. The van der Waals surface area contributed by atoms with Gasteiger partial charge in [-0.3, -0.25) is 4.79 Å². The van der Waals surface area contributed by atoms with Crippen molar-refractivity contribution < 1.29 is 24.9 Å². The number of carboxylic acid groups (broad SMARTS) is 1. The molecule has 194 valence electrons. The summed E-state index contributed by atoms with van der Waals surface area (Å²) in [6.45, 7) is 5.06. The summed E-state index contributed by atoms with van der Waals surface area (Å²) in [7, 11) is 0. The zero-order chi connectivity index (χ0) is 24.6. The average molecular weight is 477 g/mol. The normalized spacial score (nSPS) is 34.2.